The van der Waals surface area contributed by atoms with Crippen molar-refractivity contribution in [2.75, 3.05) is 32.6 Å². The van der Waals surface area contributed by atoms with Gasteiger partial charge in [-0.3, -0.25) is 4.79 Å². The van der Waals surface area contributed by atoms with Gasteiger partial charge >= 0.3 is 6.18 Å². The first kappa shape index (κ1) is 15.6. The minimum absolute atomic E-state index is 0.0316. The molecule has 0 saturated carbocycles. The molecule has 1 aromatic rings. The van der Waals surface area contributed by atoms with Crippen molar-refractivity contribution in [2.24, 2.45) is 0 Å². The highest BCUT2D eigenvalue weighted by atomic mass is 19.4. The van der Waals surface area contributed by atoms with Gasteiger partial charge in [-0.25, -0.2) is 0 Å². The van der Waals surface area contributed by atoms with Crippen LogP contribution in [0.3, 0.4) is 0 Å². The lowest BCUT2D eigenvalue weighted by atomic mass is 10.1. The van der Waals surface area contributed by atoms with Crippen LogP contribution in [-0.4, -0.2) is 44.2 Å². The summed E-state index contributed by atoms with van der Waals surface area (Å²) in [7, 11) is 2.94. The van der Waals surface area contributed by atoms with Crippen LogP contribution in [0.15, 0.2) is 18.2 Å². The summed E-state index contributed by atoms with van der Waals surface area (Å²) in [6.07, 6.45) is -3.87. The third-order valence-electron chi connectivity index (χ3n) is 3.62. The maximum absolute atomic E-state index is 13.0. The number of benzene rings is 1. The highest BCUT2D eigenvalue weighted by Gasteiger charge is 2.36. The number of ether oxygens (including phenoxy) is 1. The van der Waals surface area contributed by atoms with Crippen LogP contribution in [0, 0.1) is 0 Å². The molecule has 1 fully saturated rings. The number of carbonyl (C=O) groups excluding carboxylic acids is 1. The summed E-state index contributed by atoms with van der Waals surface area (Å²) in [5.74, 6) is -0.412. The number of anilines is 1. The van der Waals surface area contributed by atoms with Crippen LogP contribution in [0.1, 0.15) is 22.3 Å². The number of para-hydroxylation sites is 1. The molecule has 0 spiro atoms. The number of methoxy groups -OCH3 is 1. The first-order chi connectivity index (χ1) is 9.88. The number of hydrogen-bond donors (Lipinski definition) is 1. The molecule has 2 rings (SSSR count). The van der Waals surface area contributed by atoms with Crippen LogP contribution < -0.4 is 5.32 Å². The zero-order chi connectivity index (χ0) is 15.6. The molecule has 4 nitrogen and oxygen atoms in total. The van der Waals surface area contributed by atoms with E-state index in [0.717, 1.165) is 6.07 Å². The van der Waals surface area contributed by atoms with Crippen molar-refractivity contribution >= 4 is 11.6 Å². The predicted molar refractivity (Wildman–Crippen MR) is 72.3 cm³/mol. The van der Waals surface area contributed by atoms with E-state index in [-0.39, 0.29) is 17.4 Å². The van der Waals surface area contributed by atoms with Crippen molar-refractivity contribution in [3.63, 3.8) is 0 Å². The maximum atomic E-state index is 13.0. The fourth-order valence-corrected chi connectivity index (χ4v) is 2.51. The van der Waals surface area contributed by atoms with Crippen molar-refractivity contribution in [1.82, 2.24) is 4.90 Å². The summed E-state index contributed by atoms with van der Waals surface area (Å²) in [6.45, 7) is 0.880. The van der Waals surface area contributed by atoms with E-state index in [4.69, 9.17) is 4.74 Å². The summed E-state index contributed by atoms with van der Waals surface area (Å²) in [4.78, 5) is 13.9. The van der Waals surface area contributed by atoms with Gasteiger partial charge in [0.2, 0.25) is 0 Å². The van der Waals surface area contributed by atoms with Crippen molar-refractivity contribution < 1.29 is 22.7 Å². The minimum Gasteiger partial charge on any atom is -0.387 e. The van der Waals surface area contributed by atoms with E-state index in [1.807, 2.05) is 0 Å². The standard InChI is InChI=1S/C14H17F3N2O2/c1-18-12-10(4-3-5-11(12)14(15,16)17)13(20)19-7-6-9(8-19)21-2/h3-5,9,18H,6-8H2,1-2H3. The van der Waals surface area contributed by atoms with E-state index in [2.05, 4.69) is 5.32 Å². The molecule has 1 saturated heterocycles. The monoisotopic (exact) mass is 302 g/mol. The Hall–Kier alpha value is -1.76. The van der Waals surface area contributed by atoms with Gasteiger partial charge in [-0.15, -0.1) is 0 Å². The Kier molecular flexibility index (Phi) is 4.41. The highest BCUT2D eigenvalue weighted by molar-refractivity contribution is 6.00. The first-order valence-corrected chi connectivity index (χ1v) is 6.58. The van der Waals surface area contributed by atoms with Crippen LogP contribution in [0.5, 0.6) is 0 Å². The van der Waals surface area contributed by atoms with Crippen LogP contribution in [0.25, 0.3) is 0 Å². The molecule has 0 radical (unpaired) electrons. The number of alkyl halides is 3. The second-order valence-corrected chi connectivity index (χ2v) is 4.87. The Bertz CT molecular complexity index is 531. The van der Waals surface area contributed by atoms with Gasteiger partial charge in [0.15, 0.2) is 0 Å². The number of hydrogen-bond acceptors (Lipinski definition) is 3. The van der Waals surface area contributed by atoms with Gasteiger partial charge in [0.1, 0.15) is 0 Å². The lowest BCUT2D eigenvalue weighted by molar-refractivity contribution is -0.136. The number of nitrogens with zero attached hydrogens (tertiary/aromatic N) is 1. The molecule has 1 N–H and O–H groups in total. The molecule has 7 heteroatoms. The van der Waals surface area contributed by atoms with Gasteiger partial charge < -0.3 is 15.0 Å². The summed E-state index contributed by atoms with van der Waals surface area (Å²) in [5.41, 5.74) is -0.988. The Balaban J connectivity index is 2.34. The number of amides is 1. The predicted octanol–water partition coefficient (Wildman–Crippen LogP) is 2.61. The van der Waals surface area contributed by atoms with Crippen molar-refractivity contribution in [2.45, 2.75) is 18.7 Å². The van der Waals surface area contributed by atoms with Crippen molar-refractivity contribution in [3.8, 4) is 0 Å². The number of likely N-dealkylation sites (tertiary alicyclic amines) is 1. The second-order valence-electron chi connectivity index (χ2n) is 4.87. The van der Waals surface area contributed by atoms with E-state index in [1.165, 1.54) is 24.1 Å². The molecule has 1 atom stereocenters. The molecule has 21 heavy (non-hydrogen) atoms. The normalized spacial score (nSPS) is 18.9. The summed E-state index contributed by atoms with van der Waals surface area (Å²) >= 11 is 0. The lowest BCUT2D eigenvalue weighted by Crippen LogP contribution is -2.31. The first-order valence-electron chi connectivity index (χ1n) is 6.58. The molecule has 0 bridgehead atoms. The fourth-order valence-electron chi connectivity index (χ4n) is 2.51. The molecule has 1 amide bonds. The van der Waals surface area contributed by atoms with Gasteiger partial charge in [-0.1, -0.05) is 6.07 Å². The molecule has 1 heterocycles. The third-order valence-corrected chi connectivity index (χ3v) is 3.62. The topological polar surface area (TPSA) is 41.6 Å². The van der Waals surface area contributed by atoms with Crippen LogP contribution in [0.4, 0.5) is 18.9 Å². The molecule has 0 aliphatic carbocycles. The largest absolute Gasteiger partial charge is 0.418 e. The molecule has 116 valence electrons. The third kappa shape index (κ3) is 3.12. The van der Waals surface area contributed by atoms with Gasteiger partial charge in [-0.05, 0) is 18.6 Å². The van der Waals surface area contributed by atoms with E-state index in [0.29, 0.717) is 19.5 Å². The summed E-state index contributed by atoms with van der Waals surface area (Å²) in [6, 6.07) is 3.62. The smallest absolute Gasteiger partial charge is 0.387 e. The van der Waals surface area contributed by atoms with E-state index >= 15 is 0 Å². The zero-order valence-electron chi connectivity index (χ0n) is 11.8. The van der Waals surface area contributed by atoms with Gasteiger partial charge in [0, 0.05) is 27.2 Å². The van der Waals surface area contributed by atoms with Crippen molar-refractivity contribution in [1.29, 1.82) is 0 Å². The summed E-state index contributed by atoms with van der Waals surface area (Å²) in [5, 5.41) is 2.50. The van der Waals surface area contributed by atoms with E-state index in [9.17, 15) is 18.0 Å². The molecule has 1 aliphatic heterocycles. The molecular formula is C14H17F3N2O2. The SMILES string of the molecule is CNc1c(C(=O)N2CCC(OC)C2)cccc1C(F)(F)F. The lowest BCUT2D eigenvalue weighted by Gasteiger charge is -2.20. The van der Waals surface area contributed by atoms with Gasteiger partial charge in [-0.2, -0.15) is 13.2 Å². The number of carbonyl (C=O) groups is 1. The maximum Gasteiger partial charge on any atom is 0.418 e. The summed E-state index contributed by atoms with van der Waals surface area (Å²) < 4.78 is 44.1. The number of rotatable bonds is 3. The van der Waals surface area contributed by atoms with Crippen LogP contribution in [0.2, 0.25) is 0 Å². The minimum atomic E-state index is -4.51. The average Bonchev–Trinajstić information content (AvgIpc) is 2.93. The number of nitrogens with one attached hydrogen (secondary N) is 1. The molecule has 1 unspecified atom stereocenters. The second kappa shape index (κ2) is 5.93. The van der Waals surface area contributed by atoms with Crippen LogP contribution in [-0.2, 0) is 10.9 Å². The van der Waals surface area contributed by atoms with Crippen molar-refractivity contribution in [3.05, 3.63) is 29.3 Å². The van der Waals surface area contributed by atoms with Gasteiger partial charge in [0.05, 0.1) is 22.9 Å². The number of halogens is 3. The van der Waals surface area contributed by atoms with E-state index < -0.39 is 17.6 Å². The van der Waals surface area contributed by atoms with E-state index in [1.54, 1.807) is 7.11 Å². The Morgan fingerprint density at radius 2 is 2.14 bits per heavy atom. The molecular weight excluding hydrogens is 285 g/mol. The zero-order valence-corrected chi connectivity index (χ0v) is 11.8. The highest BCUT2D eigenvalue weighted by Crippen LogP contribution is 2.37. The molecule has 1 aliphatic rings. The van der Waals surface area contributed by atoms with Gasteiger partial charge in [0.25, 0.3) is 5.91 Å². The Morgan fingerprint density at radius 3 is 2.67 bits per heavy atom. The Morgan fingerprint density at radius 1 is 1.43 bits per heavy atom. The van der Waals surface area contributed by atoms with Crippen LogP contribution >= 0.6 is 0 Å². The quantitative estimate of drug-likeness (QED) is 0.933. The average molecular weight is 302 g/mol. The molecule has 1 aromatic carbocycles. The Labute approximate surface area is 120 Å². The molecule has 0 aromatic heterocycles. The fraction of sp³-hybridized carbons (Fsp3) is 0.500.